The molecule has 0 aromatic heterocycles. The molecule has 0 unspecified atom stereocenters. The first-order chi connectivity index (χ1) is 5.34. The summed E-state index contributed by atoms with van der Waals surface area (Å²) < 4.78 is 4.80. The topological polar surface area (TPSA) is 38.3 Å². The van der Waals surface area contributed by atoms with Crippen molar-refractivity contribution < 1.29 is 9.53 Å². The second kappa shape index (κ2) is 3.81. The SMILES string of the molecule is CCOC(=O)C1=CC=CNC1. The van der Waals surface area contributed by atoms with Gasteiger partial charge in [0.2, 0.25) is 0 Å². The van der Waals surface area contributed by atoms with E-state index in [2.05, 4.69) is 5.32 Å². The third-order valence-electron chi connectivity index (χ3n) is 1.34. The molecule has 0 atom stereocenters. The van der Waals surface area contributed by atoms with Gasteiger partial charge in [-0.1, -0.05) is 0 Å². The summed E-state index contributed by atoms with van der Waals surface area (Å²) in [6.07, 6.45) is 5.34. The van der Waals surface area contributed by atoms with Crippen molar-refractivity contribution in [2.24, 2.45) is 0 Å². The van der Waals surface area contributed by atoms with Gasteiger partial charge in [-0.05, 0) is 25.3 Å². The highest BCUT2D eigenvalue weighted by molar-refractivity contribution is 5.89. The zero-order valence-electron chi connectivity index (χ0n) is 6.46. The number of dihydropyridines is 1. The molecule has 0 aromatic carbocycles. The predicted molar refractivity (Wildman–Crippen MR) is 41.9 cm³/mol. The van der Waals surface area contributed by atoms with E-state index in [1.807, 2.05) is 0 Å². The number of carbonyl (C=O) groups is 1. The Balaban J connectivity index is 2.52. The smallest absolute Gasteiger partial charge is 0.335 e. The highest BCUT2D eigenvalue weighted by atomic mass is 16.5. The van der Waals surface area contributed by atoms with E-state index >= 15 is 0 Å². The quantitative estimate of drug-likeness (QED) is 0.590. The Morgan fingerprint density at radius 3 is 3.18 bits per heavy atom. The second-order valence-corrected chi connectivity index (χ2v) is 2.15. The highest BCUT2D eigenvalue weighted by Gasteiger charge is 2.09. The van der Waals surface area contributed by atoms with Crippen LogP contribution in [0.3, 0.4) is 0 Å². The van der Waals surface area contributed by atoms with E-state index in [1.165, 1.54) is 0 Å². The molecule has 1 N–H and O–H groups in total. The van der Waals surface area contributed by atoms with Gasteiger partial charge < -0.3 is 10.1 Å². The third-order valence-corrected chi connectivity index (χ3v) is 1.34. The number of carbonyl (C=O) groups excluding carboxylic acids is 1. The van der Waals surface area contributed by atoms with Crippen molar-refractivity contribution in [1.29, 1.82) is 0 Å². The summed E-state index contributed by atoms with van der Waals surface area (Å²) in [5.74, 6) is -0.232. The summed E-state index contributed by atoms with van der Waals surface area (Å²) in [5.41, 5.74) is 0.675. The lowest BCUT2D eigenvalue weighted by Gasteiger charge is -2.08. The first-order valence-electron chi connectivity index (χ1n) is 3.61. The van der Waals surface area contributed by atoms with Gasteiger partial charge in [0.15, 0.2) is 0 Å². The molecule has 0 saturated carbocycles. The fourth-order valence-corrected chi connectivity index (χ4v) is 0.824. The Labute approximate surface area is 65.7 Å². The van der Waals surface area contributed by atoms with Gasteiger partial charge in [0.25, 0.3) is 0 Å². The maximum atomic E-state index is 11.0. The Morgan fingerprint density at radius 1 is 1.82 bits per heavy atom. The number of allylic oxidation sites excluding steroid dienone is 2. The Kier molecular flexibility index (Phi) is 2.72. The monoisotopic (exact) mass is 153 g/mol. The van der Waals surface area contributed by atoms with E-state index in [4.69, 9.17) is 4.74 Å². The third kappa shape index (κ3) is 2.11. The van der Waals surface area contributed by atoms with Gasteiger partial charge >= 0.3 is 5.97 Å². The molecule has 60 valence electrons. The van der Waals surface area contributed by atoms with Gasteiger partial charge in [-0.25, -0.2) is 4.79 Å². The van der Waals surface area contributed by atoms with E-state index < -0.39 is 0 Å². The molecule has 1 aliphatic rings. The molecule has 3 heteroatoms. The number of nitrogens with one attached hydrogen (secondary N) is 1. The second-order valence-electron chi connectivity index (χ2n) is 2.15. The zero-order chi connectivity index (χ0) is 8.10. The average Bonchev–Trinajstić information content (AvgIpc) is 2.07. The fraction of sp³-hybridized carbons (Fsp3) is 0.375. The molecule has 0 saturated heterocycles. The molecular formula is C8H11NO2. The van der Waals surface area contributed by atoms with Crippen molar-refractivity contribution in [3.63, 3.8) is 0 Å². The molecule has 0 aromatic rings. The normalized spacial score (nSPS) is 15.2. The van der Waals surface area contributed by atoms with Crippen LogP contribution in [0.15, 0.2) is 23.9 Å². The van der Waals surface area contributed by atoms with E-state index in [-0.39, 0.29) is 5.97 Å². The van der Waals surface area contributed by atoms with E-state index in [0.717, 1.165) is 0 Å². The molecule has 0 radical (unpaired) electrons. The predicted octanol–water partition coefficient (Wildman–Crippen LogP) is 0.593. The van der Waals surface area contributed by atoms with Crippen LogP contribution in [0, 0.1) is 0 Å². The van der Waals surface area contributed by atoms with Crippen LogP contribution in [0.4, 0.5) is 0 Å². The molecule has 1 heterocycles. The number of esters is 1. The Bertz CT molecular complexity index is 206. The molecule has 0 fully saturated rings. The number of hydrogen-bond acceptors (Lipinski definition) is 3. The van der Waals surface area contributed by atoms with Crippen LogP contribution in [0.5, 0.6) is 0 Å². The van der Waals surface area contributed by atoms with E-state index in [0.29, 0.717) is 18.7 Å². The first kappa shape index (κ1) is 7.85. The van der Waals surface area contributed by atoms with Crippen LogP contribution in [0.1, 0.15) is 6.92 Å². The minimum absolute atomic E-state index is 0.232. The van der Waals surface area contributed by atoms with Crippen molar-refractivity contribution in [2.75, 3.05) is 13.2 Å². The van der Waals surface area contributed by atoms with Crippen LogP contribution < -0.4 is 5.32 Å². The lowest BCUT2D eigenvalue weighted by Crippen LogP contribution is -2.20. The lowest BCUT2D eigenvalue weighted by atomic mass is 10.2. The van der Waals surface area contributed by atoms with Crippen molar-refractivity contribution in [2.45, 2.75) is 6.92 Å². The summed E-state index contributed by atoms with van der Waals surface area (Å²) in [6, 6.07) is 0. The van der Waals surface area contributed by atoms with Crippen molar-refractivity contribution in [3.05, 3.63) is 23.9 Å². The molecule has 0 aliphatic carbocycles. The van der Waals surface area contributed by atoms with Crippen LogP contribution in [0.2, 0.25) is 0 Å². The largest absolute Gasteiger partial charge is 0.463 e. The molecular weight excluding hydrogens is 142 g/mol. The standard InChI is InChI=1S/C8H11NO2/c1-2-11-8(10)7-4-3-5-9-6-7/h3-5,9H,2,6H2,1H3. The van der Waals surface area contributed by atoms with Crippen LogP contribution in [-0.2, 0) is 9.53 Å². The van der Waals surface area contributed by atoms with Gasteiger partial charge in [-0.2, -0.15) is 0 Å². The van der Waals surface area contributed by atoms with Gasteiger partial charge in [0.1, 0.15) is 0 Å². The molecule has 1 rings (SSSR count). The zero-order valence-corrected chi connectivity index (χ0v) is 6.46. The summed E-state index contributed by atoms with van der Waals surface area (Å²) in [7, 11) is 0. The van der Waals surface area contributed by atoms with Crippen molar-refractivity contribution in [1.82, 2.24) is 5.32 Å². The molecule has 11 heavy (non-hydrogen) atoms. The molecule has 0 amide bonds. The summed E-state index contributed by atoms with van der Waals surface area (Å²) in [4.78, 5) is 11.0. The van der Waals surface area contributed by atoms with Gasteiger partial charge in [0, 0.05) is 6.54 Å². The first-order valence-corrected chi connectivity index (χ1v) is 3.61. The molecule has 0 spiro atoms. The van der Waals surface area contributed by atoms with Crippen LogP contribution in [0.25, 0.3) is 0 Å². The van der Waals surface area contributed by atoms with Gasteiger partial charge in [0.05, 0.1) is 12.2 Å². The van der Waals surface area contributed by atoms with Crippen LogP contribution in [-0.4, -0.2) is 19.1 Å². The van der Waals surface area contributed by atoms with Crippen molar-refractivity contribution >= 4 is 5.97 Å². The Morgan fingerprint density at radius 2 is 2.64 bits per heavy atom. The summed E-state index contributed by atoms with van der Waals surface area (Å²) in [5, 5.41) is 2.92. The van der Waals surface area contributed by atoms with Gasteiger partial charge in [-0.15, -0.1) is 0 Å². The summed E-state index contributed by atoms with van der Waals surface area (Å²) in [6.45, 7) is 2.79. The number of ether oxygens (including phenoxy) is 1. The minimum atomic E-state index is -0.232. The van der Waals surface area contributed by atoms with Crippen LogP contribution >= 0.6 is 0 Å². The highest BCUT2D eigenvalue weighted by Crippen LogP contribution is 2.00. The van der Waals surface area contributed by atoms with E-state index in [1.54, 1.807) is 25.3 Å². The molecule has 1 aliphatic heterocycles. The fourth-order valence-electron chi connectivity index (χ4n) is 0.824. The van der Waals surface area contributed by atoms with Gasteiger partial charge in [-0.3, -0.25) is 0 Å². The molecule has 3 nitrogen and oxygen atoms in total. The Hall–Kier alpha value is -1.25. The average molecular weight is 153 g/mol. The molecule has 0 bridgehead atoms. The maximum Gasteiger partial charge on any atom is 0.335 e. The van der Waals surface area contributed by atoms with Crippen molar-refractivity contribution in [3.8, 4) is 0 Å². The number of hydrogen-bond donors (Lipinski definition) is 1. The van der Waals surface area contributed by atoms with E-state index in [9.17, 15) is 4.79 Å². The minimum Gasteiger partial charge on any atom is -0.463 e. The maximum absolute atomic E-state index is 11.0. The number of rotatable bonds is 2. The lowest BCUT2D eigenvalue weighted by molar-refractivity contribution is -0.138. The summed E-state index contributed by atoms with van der Waals surface area (Å²) >= 11 is 0.